The average molecular weight is 343 g/mol. The molecule has 0 saturated carbocycles. The highest BCUT2D eigenvalue weighted by atomic mass is 19.1. The minimum Gasteiger partial charge on any atom is -0.349 e. The van der Waals surface area contributed by atoms with Gasteiger partial charge in [-0.25, -0.2) is 4.39 Å². The largest absolute Gasteiger partial charge is 0.349 e. The summed E-state index contributed by atoms with van der Waals surface area (Å²) in [6, 6.07) is 4.39. The van der Waals surface area contributed by atoms with Crippen LogP contribution in [0.25, 0.3) is 0 Å². The zero-order valence-corrected chi connectivity index (χ0v) is 15.0. The predicted octanol–water partition coefficient (Wildman–Crippen LogP) is 3.27. The highest BCUT2D eigenvalue weighted by Crippen LogP contribution is 2.34. The van der Waals surface area contributed by atoms with E-state index in [0.717, 1.165) is 11.3 Å². The summed E-state index contributed by atoms with van der Waals surface area (Å²) in [4.78, 5) is 25.3. The molecule has 2 unspecified atom stereocenters. The predicted molar refractivity (Wildman–Crippen MR) is 94.6 cm³/mol. The molecule has 6 heteroatoms. The number of benzene rings is 1. The summed E-state index contributed by atoms with van der Waals surface area (Å²) in [5, 5.41) is 5.77. The molecule has 0 radical (unpaired) electrons. The maximum atomic E-state index is 13.4. The third-order valence-corrected chi connectivity index (χ3v) is 5.15. The van der Waals surface area contributed by atoms with Crippen molar-refractivity contribution < 1.29 is 14.0 Å². The minimum atomic E-state index is -0.316. The summed E-state index contributed by atoms with van der Waals surface area (Å²) in [6.07, 6.45) is 0. The first kappa shape index (κ1) is 17.2. The average Bonchev–Trinajstić information content (AvgIpc) is 2.81. The Balaban J connectivity index is 2.05. The molecule has 0 fully saturated rings. The summed E-state index contributed by atoms with van der Waals surface area (Å²) in [6.45, 7) is 7.41. The van der Waals surface area contributed by atoms with E-state index < -0.39 is 0 Å². The van der Waals surface area contributed by atoms with Gasteiger partial charge in [0.25, 0.3) is 11.8 Å². The smallest absolute Gasteiger partial charge is 0.272 e. The van der Waals surface area contributed by atoms with E-state index in [2.05, 4.69) is 10.6 Å². The van der Waals surface area contributed by atoms with Crippen LogP contribution in [0.1, 0.15) is 57.4 Å². The monoisotopic (exact) mass is 343 g/mol. The van der Waals surface area contributed by atoms with E-state index in [1.54, 1.807) is 24.6 Å². The number of hydrogen-bond donors (Lipinski definition) is 2. The fraction of sp³-hybridized carbons (Fsp3) is 0.368. The molecule has 2 N–H and O–H groups in total. The third kappa shape index (κ3) is 2.71. The van der Waals surface area contributed by atoms with Crippen LogP contribution in [-0.4, -0.2) is 22.4 Å². The van der Waals surface area contributed by atoms with Crippen LogP contribution in [0.2, 0.25) is 0 Å². The molecule has 2 atom stereocenters. The van der Waals surface area contributed by atoms with Gasteiger partial charge in [-0.2, -0.15) is 0 Å². The zero-order valence-electron chi connectivity index (χ0n) is 15.0. The number of nitrogens with one attached hydrogen (secondary N) is 2. The Kier molecular flexibility index (Phi) is 4.14. The molecule has 2 aromatic rings. The van der Waals surface area contributed by atoms with Gasteiger partial charge >= 0.3 is 0 Å². The SMILES string of the molecule is Cc1cc(NC(=O)c2c3c(c(C)n2C)C(=O)NC(C)C3C)ccc1F. The van der Waals surface area contributed by atoms with Crippen LogP contribution in [0.3, 0.4) is 0 Å². The Morgan fingerprint density at radius 1 is 1.28 bits per heavy atom. The fourth-order valence-electron chi connectivity index (χ4n) is 3.40. The Labute approximate surface area is 146 Å². The number of amides is 2. The van der Waals surface area contributed by atoms with E-state index in [1.807, 2.05) is 20.8 Å². The lowest BCUT2D eigenvalue weighted by Gasteiger charge is -2.28. The quantitative estimate of drug-likeness (QED) is 0.879. The molecule has 1 aromatic carbocycles. The molecular formula is C19H22FN3O2. The van der Waals surface area contributed by atoms with E-state index >= 15 is 0 Å². The van der Waals surface area contributed by atoms with Crippen molar-refractivity contribution in [1.29, 1.82) is 0 Å². The number of halogens is 1. The number of hydrogen-bond acceptors (Lipinski definition) is 2. The molecular weight excluding hydrogens is 321 g/mol. The molecule has 1 aliphatic heterocycles. The van der Waals surface area contributed by atoms with Crippen molar-refractivity contribution in [3.63, 3.8) is 0 Å². The van der Waals surface area contributed by atoms with Gasteiger partial charge in [0.15, 0.2) is 0 Å². The second kappa shape index (κ2) is 6.02. The van der Waals surface area contributed by atoms with Crippen LogP contribution < -0.4 is 10.6 Å². The van der Waals surface area contributed by atoms with Crippen LogP contribution in [0.4, 0.5) is 10.1 Å². The van der Waals surface area contributed by atoms with Crippen LogP contribution in [-0.2, 0) is 7.05 Å². The van der Waals surface area contributed by atoms with Gasteiger partial charge < -0.3 is 15.2 Å². The number of aryl methyl sites for hydroxylation is 1. The van der Waals surface area contributed by atoms with Gasteiger partial charge in [-0.3, -0.25) is 9.59 Å². The maximum Gasteiger partial charge on any atom is 0.272 e. The lowest BCUT2D eigenvalue weighted by molar-refractivity contribution is 0.0921. The number of nitrogens with zero attached hydrogens (tertiary/aromatic N) is 1. The van der Waals surface area contributed by atoms with Crippen molar-refractivity contribution in [2.45, 2.75) is 39.7 Å². The fourth-order valence-corrected chi connectivity index (χ4v) is 3.40. The highest BCUT2D eigenvalue weighted by molar-refractivity contribution is 6.09. The molecule has 3 rings (SSSR count). The first-order valence-electron chi connectivity index (χ1n) is 8.30. The van der Waals surface area contributed by atoms with Crippen molar-refractivity contribution in [2.75, 3.05) is 5.32 Å². The van der Waals surface area contributed by atoms with Crippen LogP contribution in [0.5, 0.6) is 0 Å². The van der Waals surface area contributed by atoms with Crippen LogP contribution in [0.15, 0.2) is 18.2 Å². The van der Waals surface area contributed by atoms with Gasteiger partial charge in [-0.05, 0) is 44.5 Å². The van der Waals surface area contributed by atoms with Gasteiger partial charge in [0.05, 0.1) is 5.56 Å². The summed E-state index contributed by atoms with van der Waals surface area (Å²) < 4.78 is 15.2. The first-order valence-corrected chi connectivity index (χ1v) is 8.30. The van der Waals surface area contributed by atoms with E-state index in [4.69, 9.17) is 0 Å². The van der Waals surface area contributed by atoms with E-state index in [9.17, 15) is 14.0 Å². The van der Waals surface area contributed by atoms with Crippen molar-refractivity contribution >= 4 is 17.5 Å². The second-order valence-electron chi connectivity index (χ2n) is 6.75. The van der Waals surface area contributed by atoms with Crippen molar-refractivity contribution in [3.8, 4) is 0 Å². The van der Waals surface area contributed by atoms with Crippen molar-refractivity contribution in [3.05, 3.63) is 52.1 Å². The normalized spacial score (nSPS) is 19.4. The maximum absolute atomic E-state index is 13.4. The van der Waals surface area contributed by atoms with E-state index in [0.29, 0.717) is 22.5 Å². The molecule has 0 saturated heterocycles. The van der Waals surface area contributed by atoms with E-state index in [-0.39, 0.29) is 29.6 Å². The van der Waals surface area contributed by atoms with E-state index in [1.165, 1.54) is 12.1 Å². The molecule has 5 nitrogen and oxygen atoms in total. The molecule has 25 heavy (non-hydrogen) atoms. The molecule has 1 aliphatic rings. The number of carbonyl (C=O) groups excluding carboxylic acids is 2. The number of anilines is 1. The summed E-state index contributed by atoms with van der Waals surface area (Å²) in [5.74, 6) is -0.746. The molecule has 0 spiro atoms. The highest BCUT2D eigenvalue weighted by Gasteiger charge is 2.36. The summed E-state index contributed by atoms with van der Waals surface area (Å²) in [7, 11) is 1.78. The number of aromatic nitrogens is 1. The first-order chi connectivity index (χ1) is 11.7. The van der Waals surface area contributed by atoms with Gasteiger partial charge in [0.1, 0.15) is 11.5 Å². The Morgan fingerprint density at radius 3 is 2.60 bits per heavy atom. The minimum absolute atomic E-state index is 0.0169. The second-order valence-corrected chi connectivity index (χ2v) is 6.75. The molecule has 0 aliphatic carbocycles. The van der Waals surface area contributed by atoms with Gasteiger partial charge in [-0.1, -0.05) is 6.92 Å². The standard InChI is InChI=1S/C19H22FN3O2/c1-9-8-13(6-7-14(9)20)22-19(25)17-15-10(2)11(3)21-18(24)16(15)12(4)23(17)5/h6-8,10-11H,1-5H3,(H,21,24)(H,22,25). The molecule has 0 bridgehead atoms. The Morgan fingerprint density at radius 2 is 1.96 bits per heavy atom. The number of carbonyl (C=O) groups is 2. The summed E-state index contributed by atoms with van der Waals surface area (Å²) >= 11 is 0. The molecule has 2 amide bonds. The number of rotatable bonds is 2. The lowest BCUT2D eigenvalue weighted by Crippen LogP contribution is -2.41. The Bertz CT molecular complexity index is 885. The topological polar surface area (TPSA) is 63.1 Å². The van der Waals surface area contributed by atoms with Crippen molar-refractivity contribution in [2.24, 2.45) is 7.05 Å². The molecule has 2 heterocycles. The zero-order chi connectivity index (χ0) is 18.5. The Hall–Kier alpha value is -2.63. The van der Waals surface area contributed by atoms with Crippen LogP contribution >= 0.6 is 0 Å². The molecule has 1 aromatic heterocycles. The third-order valence-electron chi connectivity index (χ3n) is 5.15. The van der Waals surface area contributed by atoms with Crippen LogP contribution in [0, 0.1) is 19.7 Å². The van der Waals surface area contributed by atoms with Gasteiger partial charge in [0, 0.05) is 36.0 Å². The molecule has 132 valence electrons. The summed E-state index contributed by atoms with van der Waals surface area (Å²) in [5.41, 5.74) is 3.57. The lowest BCUT2D eigenvalue weighted by atomic mass is 9.86. The van der Waals surface area contributed by atoms with Crippen molar-refractivity contribution in [1.82, 2.24) is 9.88 Å². The van der Waals surface area contributed by atoms with Gasteiger partial charge in [-0.15, -0.1) is 0 Å². The van der Waals surface area contributed by atoms with Gasteiger partial charge in [0.2, 0.25) is 0 Å². The number of fused-ring (bicyclic) bond motifs is 1.